The van der Waals surface area contributed by atoms with Gasteiger partial charge >= 0.3 is 0 Å². The summed E-state index contributed by atoms with van der Waals surface area (Å²) in [5.41, 5.74) is -0.815. The van der Waals surface area contributed by atoms with Gasteiger partial charge in [0, 0.05) is 11.1 Å². The lowest BCUT2D eigenvalue weighted by atomic mass is 9.91. The molecular formula is C14H4O4. The molecule has 84 valence electrons. The van der Waals surface area contributed by atoms with Crippen molar-refractivity contribution in [1.29, 1.82) is 0 Å². The van der Waals surface area contributed by atoms with Crippen LogP contribution in [0.4, 0.5) is 0 Å². The molecule has 0 saturated heterocycles. The summed E-state index contributed by atoms with van der Waals surface area (Å²) in [5.74, 6) is 0. The van der Waals surface area contributed by atoms with Crippen molar-refractivity contribution < 1.29 is 19.2 Å². The smallest absolute Gasteiger partial charge is 0.235 e. The molecule has 4 heteroatoms. The first-order chi connectivity index (χ1) is 8.78. The quantitative estimate of drug-likeness (QED) is 0.782. The third kappa shape index (κ3) is 1.55. The highest BCUT2D eigenvalue weighted by atomic mass is 16.1. The molecule has 18 heavy (non-hydrogen) atoms. The van der Waals surface area contributed by atoms with E-state index in [4.69, 9.17) is 0 Å². The zero-order chi connectivity index (χ0) is 13.1. The summed E-state index contributed by atoms with van der Waals surface area (Å²) in [6, 6.07) is 6.37. The summed E-state index contributed by atoms with van der Waals surface area (Å²) in [4.78, 5) is 43.6. The van der Waals surface area contributed by atoms with Crippen LogP contribution in [0.25, 0.3) is 10.8 Å². The third-order valence-corrected chi connectivity index (χ3v) is 2.62. The van der Waals surface area contributed by atoms with Gasteiger partial charge in [0.2, 0.25) is 25.1 Å². The van der Waals surface area contributed by atoms with E-state index in [-0.39, 0.29) is 22.3 Å². The molecule has 4 radical (unpaired) electrons. The highest BCUT2D eigenvalue weighted by molar-refractivity contribution is 6.16. The van der Waals surface area contributed by atoms with Gasteiger partial charge in [0.1, 0.15) is 0 Å². The molecule has 2 aromatic carbocycles. The predicted octanol–water partition coefficient (Wildman–Crippen LogP) is 0.671. The highest BCUT2D eigenvalue weighted by Gasteiger charge is 2.19. The normalized spacial score (nSPS) is 10.0. The first-order valence-electron chi connectivity index (χ1n) is 4.89. The van der Waals surface area contributed by atoms with Crippen molar-refractivity contribution in [2.24, 2.45) is 0 Å². The van der Waals surface area contributed by atoms with Crippen molar-refractivity contribution in [1.82, 2.24) is 0 Å². The fourth-order valence-corrected chi connectivity index (χ4v) is 1.85. The van der Waals surface area contributed by atoms with Crippen LogP contribution in [0.15, 0.2) is 24.3 Å². The van der Waals surface area contributed by atoms with Gasteiger partial charge in [-0.2, -0.15) is 0 Å². The molecule has 0 amide bonds. The van der Waals surface area contributed by atoms with E-state index >= 15 is 0 Å². The molecule has 0 saturated carbocycles. The zero-order valence-corrected chi connectivity index (χ0v) is 8.94. The van der Waals surface area contributed by atoms with Crippen LogP contribution >= 0.6 is 0 Å². The Morgan fingerprint density at radius 3 is 1.17 bits per heavy atom. The van der Waals surface area contributed by atoms with Crippen LogP contribution in [0.1, 0.15) is 22.3 Å². The first kappa shape index (κ1) is 11.9. The van der Waals surface area contributed by atoms with Gasteiger partial charge in [0.05, 0.1) is 11.1 Å². The fourth-order valence-electron chi connectivity index (χ4n) is 1.85. The van der Waals surface area contributed by atoms with Gasteiger partial charge in [0.15, 0.2) is 0 Å². The van der Waals surface area contributed by atoms with Crippen molar-refractivity contribution >= 4 is 35.9 Å². The highest BCUT2D eigenvalue weighted by Crippen LogP contribution is 2.27. The molecule has 0 bridgehead atoms. The molecule has 0 spiro atoms. The molecular weight excluding hydrogens is 232 g/mol. The minimum Gasteiger partial charge on any atom is -0.285 e. The Hall–Kier alpha value is -2.62. The van der Waals surface area contributed by atoms with E-state index in [1.807, 2.05) is 0 Å². The lowest BCUT2D eigenvalue weighted by Gasteiger charge is -2.08. The van der Waals surface area contributed by atoms with E-state index in [1.54, 1.807) is 36.8 Å². The Bertz CT molecular complexity index is 613. The van der Waals surface area contributed by atoms with Crippen molar-refractivity contribution in [3.05, 3.63) is 46.5 Å². The van der Waals surface area contributed by atoms with Crippen LogP contribution < -0.4 is 0 Å². The summed E-state index contributed by atoms with van der Waals surface area (Å²) in [6.07, 6.45) is 6.15. The SMILES string of the molecule is O=[C]c1c([C]=O)c([C]=O)c2ccccc2c1[C]=O. The van der Waals surface area contributed by atoms with Crippen molar-refractivity contribution in [3.8, 4) is 0 Å². The summed E-state index contributed by atoms with van der Waals surface area (Å²) in [7, 11) is 0. The minimum atomic E-state index is -0.308. The van der Waals surface area contributed by atoms with E-state index < -0.39 is 0 Å². The van der Waals surface area contributed by atoms with Crippen molar-refractivity contribution in [2.45, 2.75) is 0 Å². The molecule has 0 aromatic heterocycles. The Morgan fingerprint density at radius 2 is 0.889 bits per heavy atom. The van der Waals surface area contributed by atoms with E-state index in [1.165, 1.54) is 12.6 Å². The van der Waals surface area contributed by atoms with Crippen LogP contribution in [0.3, 0.4) is 0 Å². The second-order valence-corrected chi connectivity index (χ2v) is 3.45. The second kappa shape index (κ2) is 4.71. The lowest BCUT2D eigenvalue weighted by Crippen LogP contribution is -2.05. The summed E-state index contributed by atoms with van der Waals surface area (Å²) in [5, 5.41) is 0.700. The molecule has 0 aliphatic heterocycles. The Kier molecular flexibility index (Phi) is 3.10. The summed E-state index contributed by atoms with van der Waals surface area (Å²) < 4.78 is 0. The molecule has 0 unspecified atom stereocenters. The van der Waals surface area contributed by atoms with Crippen LogP contribution in [-0.4, -0.2) is 25.1 Å². The van der Waals surface area contributed by atoms with Gasteiger partial charge in [0.25, 0.3) is 0 Å². The molecule has 2 rings (SSSR count). The Morgan fingerprint density at radius 1 is 0.556 bits per heavy atom. The van der Waals surface area contributed by atoms with Crippen LogP contribution in [0.5, 0.6) is 0 Å². The third-order valence-electron chi connectivity index (χ3n) is 2.62. The molecule has 0 aliphatic carbocycles. The Labute approximate surface area is 102 Å². The lowest BCUT2D eigenvalue weighted by molar-refractivity contribution is 0.555. The number of fused-ring (bicyclic) bond motifs is 1. The zero-order valence-electron chi connectivity index (χ0n) is 8.94. The molecule has 2 aromatic rings. The number of hydrogen-bond donors (Lipinski definition) is 0. The molecule has 0 atom stereocenters. The van der Waals surface area contributed by atoms with Gasteiger partial charge < -0.3 is 0 Å². The van der Waals surface area contributed by atoms with Crippen molar-refractivity contribution in [2.75, 3.05) is 0 Å². The summed E-state index contributed by atoms with van der Waals surface area (Å²) in [6.45, 7) is 0. The van der Waals surface area contributed by atoms with E-state index in [0.717, 1.165) is 0 Å². The van der Waals surface area contributed by atoms with Gasteiger partial charge in [-0.25, -0.2) is 0 Å². The maximum Gasteiger partial charge on any atom is 0.235 e. The number of hydrogen-bond acceptors (Lipinski definition) is 4. The topological polar surface area (TPSA) is 68.3 Å². The van der Waals surface area contributed by atoms with Gasteiger partial charge in [-0.3, -0.25) is 19.2 Å². The van der Waals surface area contributed by atoms with Crippen LogP contribution in [0.2, 0.25) is 0 Å². The number of benzene rings is 2. The van der Waals surface area contributed by atoms with Gasteiger partial charge in [-0.1, -0.05) is 24.3 Å². The van der Waals surface area contributed by atoms with Gasteiger partial charge in [-0.05, 0) is 10.8 Å². The minimum absolute atomic E-state index is 0.0991. The first-order valence-corrected chi connectivity index (χ1v) is 4.89. The predicted molar refractivity (Wildman–Crippen MR) is 63.1 cm³/mol. The fraction of sp³-hybridized carbons (Fsp3) is 0. The molecule has 4 nitrogen and oxygen atoms in total. The Balaban J connectivity index is 3.13. The summed E-state index contributed by atoms with van der Waals surface area (Å²) >= 11 is 0. The number of carbonyl (C=O) groups excluding carboxylic acids is 4. The van der Waals surface area contributed by atoms with Crippen LogP contribution in [0, 0.1) is 0 Å². The average molecular weight is 236 g/mol. The second-order valence-electron chi connectivity index (χ2n) is 3.45. The van der Waals surface area contributed by atoms with E-state index in [2.05, 4.69) is 0 Å². The van der Waals surface area contributed by atoms with Gasteiger partial charge in [-0.15, -0.1) is 0 Å². The molecule has 0 N–H and O–H groups in total. The van der Waals surface area contributed by atoms with E-state index in [0.29, 0.717) is 10.8 Å². The number of rotatable bonds is 4. The maximum absolute atomic E-state index is 10.9. The average Bonchev–Trinajstić information content (AvgIpc) is 2.44. The molecule has 0 fully saturated rings. The van der Waals surface area contributed by atoms with Crippen LogP contribution in [-0.2, 0) is 19.2 Å². The monoisotopic (exact) mass is 236 g/mol. The standard InChI is InChI=1S/C14H4O4/c15-5-11-9-3-1-2-4-10(9)12(6-16)14(8-18)13(11)7-17/h1-4H. The molecule has 0 heterocycles. The van der Waals surface area contributed by atoms with Crippen molar-refractivity contribution in [3.63, 3.8) is 0 Å². The molecule has 0 aliphatic rings. The largest absolute Gasteiger partial charge is 0.285 e. The maximum atomic E-state index is 10.9. The van der Waals surface area contributed by atoms with E-state index in [9.17, 15) is 19.2 Å².